The van der Waals surface area contributed by atoms with E-state index in [-0.39, 0.29) is 18.9 Å². The second kappa shape index (κ2) is 9.21. The predicted octanol–water partition coefficient (Wildman–Crippen LogP) is 5.58. The van der Waals surface area contributed by atoms with Crippen LogP contribution in [0.25, 0.3) is 11.1 Å². The van der Waals surface area contributed by atoms with Crippen LogP contribution < -0.4 is 0 Å². The standard InChI is InChI=1S/C26H22F3NO4/c1-30(23(24(31)32)14-16-10-12-17(13-11-16)26(27,28)29)25(33)34-15-22-20-8-4-2-6-18(20)19-7-3-5-9-21(19)22/h2-13,22-23H,14-15H2,1H3,(H,31,32)/t23-/m0/s1. The van der Waals surface area contributed by atoms with Crippen molar-refractivity contribution in [3.8, 4) is 11.1 Å². The zero-order chi connectivity index (χ0) is 24.5. The highest BCUT2D eigenvalue weighted by molar-refractivity contribution is 5.81. The topological polar surface area (TPSA) is 66.8 Å². The maximum Gasteiger partial charge on any atom is 0.416 e. The monoisotopic (exact) mass is 469 g/mol. The highest BCUT2D eigenvalue weighted by Crippen LogP contribution is 2.44. The quantitative estimate of drug-likeness (QED) is 0.512. The summed E-state index contributed by atoms with van der Waals surface area (Å²) in [6.45, 7) is 0.0316. The number of aliphatic carboxylic acids is 1. The van der Waals surface area contributed by atoms with E-state index in [4.69, 9.17) is 4.74 Å². The van der Waals surface area contributed by atoms with E-state index in [2.05, 4.69) is 0 Å². The second-order valence-electron chi connectivity index (χ2n) is 8.17. The van der Waals surface area contributed by atoms with Crippen LogP contribution in [0.5, 0.6) is 0 Å². The molecule has 176 valence electrons. The molecule has 0 aromatic heterocycles. The molecule has 0 saturated heterocycles. The number of nitrogens with zero attached hydrogens (tertiary/aromatic N) is 1. The third kappa shape index (κ3) is 4.62. The van der Waals surface area contributed by atoms with Gasteiger partial charge in [-0.1, -0.05) is 60.7 Å². The lowest BCUT2D eigenvalue weighted by Crippen LogP contribution is -2.44. The number of fused-ring (bicyclic) bond motifs is 3. The zero-order valence-electron chi connectivity index (χ0n) is 18.3. The number of carbonyl (C=O) groups is 2. The molecule has 4 rings (SSSR count). The molecule has 0 aliphatic heterocycles. The maximum atomic E-state index is 12.8. The minimum atomic E-state index is -4.48. The summed E-state index contributed by atoms with van der Waals surface area (Å²) in [6, 6.07) is 18.6. The van der Waals surface area contributed by atoms with Gasteiger partial charge in [-0.05, 0) is 39.9 Å². The van der Waals surface area contributed by atoms with Gasteiger partial charge in [-0.25, -0.2) is 9.59 Å². The largest absolute Gasteiger partial charge is 0.480 e. The SMILES string of the molecule is CN(C(=O)OCC1c2ccccc2-c2ccccc21)[C@@H](Cc1ccc(C(F)(F)F)cc1)C(=O)O. The molecule has 5 nitrogen and oxygen atoms in total. The first-order valence-electron chi connectivity index (χ1n) is 10.6. The maximum absolute atomic E-state index is 12.8. The molecule has 3 aromatic rings. The Balaban J connectivity index is 1.45. The van der Waals surface area contributed by atoms with Crippen LogP contribution in [0.4, 0.5) is 18.0 Å². The van der Waals surface area contributed by atoms with Crippen molar-refractivity contribution >= 4 is 12.1 Å². The van der Waals surface area contributed by atoms with Crippen molar-refractivity contribution in [1.82, 2.24) is 4.90 Å². The third-order valence-corrected chi connectivity index (χ3v) is 6.09. The van der Waals surface area contributed by atoms with E-state index in [1.54, 1.807) is 0 Å². The second-order valence-corrected chi connectivity index (χ2v) is 8.17. The van der Waals surface area contributed by atoms with E-state index < -0.39 is 29.8 Å². The molecule has 0 unspecified atom stereocenters. The average Bonchev–Trinajstić information content (AvgIpc) is 3.14. The highest BCUT2D eigenvalue weighted by atomic mass is 19.4. The molecule has 0 bridgehead atoms. The summed E-state index contributed by atoms with van der Waals surface area (Å²) in [5.74, 6) is -1.46. The first kappa shape index (κ1) is 23.4. The van der Waals surface area contributed by atoms with Crippen LogP contribution in [0.3, 0.4) is 0 Å². The molecule has 0 radical (unpaired) electrons. The van der Waals surface area contributed by atoms with Gasteiger partial charge in [0.1, 0.15) is 12.6 Å². The number of hydrogen-bond acceptors (Lipinski definition) is 3. The molecule has 0 heterocycles. The van der Waals surface area contributed by atoms with Gasteiger partial charge in [0.05, 0.1) is 5.56 Å². The molecular weight excluding hydrogens is 447 g/mol. The molecule has 0 fully saturated rings. The van der Waals surface area contributed by atoms with Crippen molar-refractivity contribution in [1.29, 1.82) is 0 Å². The van der Waals surface area contributed by atoms with E-state index in [9.17, 15) is 27.9 Å². The Morgan fingerprint density at radius 2 is 1.47 bits per heavy atom. The van der Waals surface area contributed by atoms with Gasteiger partial charge in [0.2, 0.25) is 0 Å². The van der Waals surface area contributed by atoms with Crippen molar-refractivity contribution in [2.24, 2.45) is 0 Å². The summed E-state index contributed by atoms with van der Waals surface area (Å²) in [4.78, 5) is 25.5. The third-order valence-electron chi connectivity index (χ3n) is 6.09. The first-order valence-corrected chi connectivity index (χ1v) is 10.6. The van der Waals surface area contributed by atoms with Crippen LogP contribution >= 0.6 is 0 Å². The lowest BCUT2D eigenvalue weighted by Gasteiger charge is -2.25. The number of rotatable bonds is 6. The Bertz CT molecular complexity index is 1160. The highest BCUT2D eigenvalue weighted by Gasteiger charge is 2.33. The number of hydrogen-bond donors (Lipinski definition) is 1. The fourth-order valence-electron chi connectivity index (χ4n) is 4.27. The van der Waals surface area contributed by atoms with Gasteiger partial charge in [0.15, 0.2) is 0 Å². The fourth-order valence-corrected chi connectivity index (χ4v) is 4.27. The number of carboxylic acids is 1. The minimum Gasteiger partial charge on any atom is -0.480 e. The van der Waals surface area contributed by atoms with Crippen LogP contribution in [0.1, 0.15) is 28.2 Å². The summed E-state index contributed by atoms with van der Waals surface area (Å²) >= 11 is 0. The number of carbonyl (C=O) groups excluding carboxylic acids is 1. The van der Waals surface area contributed by atoms with Gasteiger partial charge < -0.3 is 9.84 Å². The molecule has 3 aromatic carbocycles. The lowest BCUT2D eigenvalue weighted by molar-refractivity contribution is -0.142. The summed E-state index contributed by atoms with van der Waals surface area (Å²) in [5, 5.41) is 9.65. The molecular formula is C26H22F3NO4. The van der Waals surface area contributed by atoms with Gasteiger partial charge in [-0.15, -0.1) is 0 Å². The average molecular weight is 469 g/mol. The van der Waals surface area contributed by atoms with E-state index >= 15 is 0 Å². The van der Waals surface area contributed by atoms with Crippen LogP contribution in [0, 0.1) is 0 Å². The van der Waals surface area contributed by atoms with Crippen LogP contribution in [-0.2, 0) is 22.1 Å². The van der Waals surface area contributed by atoms with E-state index in [0.29, 0.717) is 5.56 Å². The number of carboxylic acid groups (broad SMARTS) is 1. The first-order chi connectivity index (χ1) is 16.2. The lowest BCUT2D eigenvalue weighted by atomic mass is 9.98. The number of ether oxygens (including phenoxy) is 1. The number of alkyl halides is 3. The van der Waals surface area contributed by atoms with Crippen molar-refractivity contribution in [2.45, 2.75) is 24.6 Å². The Morgan fingerprint density at radius 1 is 0.941 bits per heavy atom. The summed E-state index contributed by atoms with van der Waals surface area (Å²) < 4.78 is 43.8. The van der Waals surface area contributed by atoms with Crippen molar-refractivity contribution in [3.05, 3.63) is 95.1 Å². The van der Waals surface area contributed by atoms with Gasteiger partial charge in [-0.3, -0.25) is 4.90 Å². The molecule has 1 aliphatic rings. The molecule has 8 heteroatoms. The Labute approximate surface area is 194 Å². The van der Waals surface area contributed by atoms with Crippen molar-refractivity contribution < 1.29 is 32.6 Å². The number of halogens is 3. The Kier molecular flexibility index (Phi) is 6.32. The van der Waals surface area contributed by atoms with E-state index in [1.165, 1.54) is 19.2 Å². The van der Waals surface area contributed by atoms with Crippen molar-refractivity contribution in [2.75, 3.05) is 13.7 Å². The molecule has 1 aliphatic carbocycles. The molecule has 0 saturated carbocycles. The number of benzene rings is 3. The molecule has 0 spiro atoms. The van der Waals surface area contributed by atoms with E-state index in [0.717, 1.165) is 39.3 Å². The molecule has 1 amide bonds. The summed E-state index contributed by atoms with van der Waals surface area (Å²) in [6.07, 6.45) is -5.46. The number of likely N-dealkylation sites (N-methyl/N-ethyl adjacent to an activating group) is 1. The van der Waals surface area contributed by atoms with Gasteiger partial charge in [0.25, 0.3) is 0 Å². The molecule has 34 heavy (non-hydrogen) atoms. The normalized spacial score (nSPS) is 13.6. The molecule has 1 N–H and O–H groups in total. The smallest absolute Gasteiger partial charge is 0.416 e. The van der Waals surface area contributed by atoms with Gasteiger partial charge >= 0.3 is 18.2 Å². The fraction of sp³-hybridized carbons (Fsp3) is 0.231. The minimum absolute atomic E-state index is 0.0316. The van der Waals surface area contributed by atoms with Gasteiger partial charge in [-0.2, -0.15) is 13.2 Å². The molecule has 1 atom stereocenters. The predicted molar refractivity (Wildman–Crippen MR) is 119 cm³/mol. The van der Waals surface area contributed by atoms with Crippen LogP contribution in [0.2, 0.25) is 0 Å². The summed E-state index contributed by atoms with van der Waals surface area (Å²) in [5.41, 5.74) is 3.72. The summed E-state index contributed by atoms with van der Waals surface area (Å²) in [7, 11) is 1.31. The van der Waals surface area contributed by atoms with E-state index in [1.807, 2.05) is 48.5 Å². The Hall–Kier alpha value is -3.81. The van der Waals surface area contributed by atoms with Crippen LogP contribution in [-0.4, -0.2) is 41.8 Å². The van der Waals surface area contributed by atoms with Crippen molar-refractivity contribution in [3.63, 3.8) is 0 Å². The number of amides is 1. The van der Waals surface area contributed by atoms with Gasteiger partial charge in [0, 0.05) is 19.4 Å². The zero-order valence-corrected chi connectivity index (χ0v) is 18.3. The Morgan fingerprint density at radius 3 is 1.97 bits per heavy atom. The van der Waals surface area contributed by atoms with Crippen LogP contribution in [0.15, 0.2) is 72.8 Å².